The molecule has 0 radical (unpaired) electrons. The Morgan fingerprint density at radius 3 is 2.00 bits per heavy atom. The Hall–Kier alpha value is -4.05. The Morgan fingerprint density at radius 2 is 1.37 bits per heavy atom. The van der Waals surface area contributed by atoms with E-state index in [4.69, 9.17) is 57.8 Å². The van der Waals surface area contributed by atoms with Crippen molar-refractivity contribution < 1.29 is 96.5 Å². The van der Waals surface area contributed by atoms with Gasteiger partial charge in [0.1, 0.15) is 30.5 Å². The predicted molar refractivity (Wildman–Crippen MR) is 318 cm³/mol. The van der Waals surface area contributed by atoms with Crippen LogP contribution < -0.4 is 11.1 Å². The summed E-state index contributed by atoms with van der Waals surface area (Å²) in [4.78, 5) is 70.9. The number of Topliss-reactive ketones (excluding diaryl/α,β-unsaturated/α-hetero) is 2. The first-order chi connectivity index (χ1) is 41.1. The SMILES string of the molecule is COCCOCCOCCOCCOCCOCCNC(=O)O[C@@H]1CC[C@@H](C[C@@H](N)[C@@H]2C[C@@H](O)[C@H](C)/C=C(\C)[C@@H](O)[C@@H](O)C(=O)[C@H](C)C[C@H](C)/C=C/C=C/C=C(\C)[C@@H](OC)C[C@@H]3CC[C@@H](C)[C@@](O)(O3)C(=O)C(=O)N3CCCC[C@H]3C(=O)O2)C[C@H]1OC. The summed E-state index contributed by atoms with van der Waals surface area (Å²) in [6.07, 6.45) is 6.61. The topological polar surface area (TPSA) is 309 Å². The fraction of sp³-hybridized carbons (Fsp3) is 0.794. The number of ether oxygens (including phenoxy) is 11. The van der Waals surface area contributed by atoms with Crippen molar-refractivity contribution in [3.8, 4) is 0 Å². The molecular weight excluding hydrogens is 1120 g/mol. The van der Waals surface area contributed by atoms with Crippen molar-refractivity contribution >= 4 is 29.5 Å². The zero-order valence-corrected chi connectivity index (χ0v) is 52.6. The van der Waals surface area contributed by atoms with Gasteiger partial charge in [-0.15, -0.1) is 0 Å². The lowest BCUT2D eigenvalue weighted by atomic mass is 9.80. The van der Waals surface area contributed by atoms with E-state index in [9.17, 15) is 44.4 Å². The fourth-order valence-electron chi connectivity index (χ4n) is 11.5. The van der Waals surface area contributed by atoms with E-state index in [0.29, 0.717) is 117 Å². The lowest BCUT2D eigenvalue weighted by molar-refractivity contribution is -0.265. The standard InChI is InChI=1S/C63H105N3O20/c1-41-15-11-10-12-16-42(2)53(77-8)39-48-20-18-46(6)63(75,86-48)59(71)60(72)66-23-14-13-17-50(66)61(73)84-54(40-51(67)43(3)36-45(5)57(69)58(70)56(68)44(4)35-41)49(64)37-47-19-21-52(55(38-47)78-9)85-62(74)65-22-24-79-27-28-81-31-32-83-34-33-82-30-29-80-26-25-76-7/h10-12,15-16,36,41,43-44,46-55,57-58,67,69-70,75H,13-14,17-35,37-40,64H2,1-9H3,(H,65,74)/b12-10+,15-11+,42-16+,45-36+/t41-,43-,44-,46-,47+,48+,49-,50+,51-,52-,53+,54+,55-,57-,58+,63-/m1/s1. The zero-order valence-electron chi connectivity index (χ0n) is 52.6. The first-order valence-electron chi connectivity index (χ1n) is 31.0. The Balaban J connectivity index is 1.43. The van der Waals surface area contributed by atoms with Crippen LogP contribution in [-0.4, -0.2) is 229 Å². The van der Waals surface area contributed by atoms with E-state index in [1.807, 2.05) is 44.2 Å². The normalized spacial score (nSPS) is 34.2. The van der Waals surface area contributed by atoms with Gasteiger partial charge in [0.05, 0.1) is 97.1 Å². The maximum atomic E-state index is 14.6. The molecule has 2 amide bonds. The van der Waals surface area contributed by atoms with E-state index in [2.05, 4.69) is 5.32 Å². The second-order valence-electron chi connectivity index (χ2n) is 23.6. The summed E-state index contributed by atoms with van der Waals surface area (Å²) in [6.45, 7) is 15.3. The Bertz CT molecular complexity index is 2160. The molecule has 0 aromatic rings. The van der Waals surface area contributed by atoms with Gasteiger partial charge in [-0.3, -0.25) is 14.4 Å². The number of alkyl carbamates (subject to hydrolysis) is 1. The number of fused-ring (bicyclic) bond motifs is 3. The predicted octanol–water partition coefficient (Wildman–Crippen LogP) is 4.47. The molecule has 0 spiro atoms. The quantitative estimate of drug-likeness (QED) is 0.0336. The maximum absolute atomic E-state index is 14.6. The minimum absolute atomic E-state index is 0.0274. The minimum atomic E-state index is -2.48. The van der Waals surface area contributed by atoms with E-state index in [-0.39, 0.29) is 62.8 Å². The molecule has 1 aliphatic carbocycles. The number of methoxy groups -OCH3 is 3. The second-order valence-corrected chi connectivity index (χ2v) is 23.6. The Labute approximate surface area is 509 Å². The summed E-state index contributed by atoms with van der Waals surface area (Å²) in [6, 6.07) is -2.12. The smallest absolute Gasteiger partial charge is 0.407 e. The molecule has 3 fully saturated rings. The van der Waals surface area contributed by atoms with Crippen LogP contribution >= 0.6 is 0 Å². The van der Waals surface area contributed by atoms with Gasteiger partial charge in [-0.2, -0.15) is 0 Å². The molecule has 4 rings (SSSR count). The molecule has 0 unspecified atom stereocenters. The highest BCUT2D eigenvalue weighted by molar-refractivity contribution is 6.39. The van der Waals surface area contributed by atoms with Crippen molar-refractivity contribution in [3.63, 3.8) is 0 Å². The van der Waals surface area contributed by atoms with Gasteiger partial charge in [0.2, 0.25) is 5.79 Å². The minimum Gasteiger partial charge on any atom is -0.459 e. The molecule has 0 aromatic carbocycles. The number of nitrogens with zero attached hydrogens (tertiary/aromatic N) is 1. The first kappa shape index (κ1) is 74.4. The lowest BCUT2D eigenvalue weighted by Crippen LogP contribution is -2.61. The number of carbonyl (C=O) groups excluding carboxylic acids is 5. The lowest BCUT2D eigenvalue weighted by Gasteiger charge is -2.42. The monoisotopic (exact) mass is 1220 g/mol. The van der Waals surface area contributed by atoms with E-state index < -0.39 is 114 Å². The molecule has 7 N–H and O–H groups in total. The van der Waals surface area contributed by atoms with Gasteiger partial charge in [0.15, 0.2) is 5.78 Å². The highest BCUT2D eigenvalue weighted by atomic mass is 16.6. The number of aliphatic hydroxyl groups excluding tert-OH is 3. The number of esters is 1. The molecular formula is C63H105N3O20. The summed E-state index contributed by atoms with van der Waals surface area (Å²) < 4.78 is 62.2. The summed E-state index contributed by atoms with van der Waals surface area (Å²) in [5.74, 6) is -8.36. The van der Waals surface area contributed by atoms with Gasteiger partial charge in [-0.05, 0) is 101 Å². The van der Waals surface area contributed by atoms with Crippen LogP contribution in [0.4, 0.5) is 4.79 Å². The third kappa shape index (κ3) is 24.7. The zero-order chi connectivity index (χ0) is 63.2. The number of rotatable bonds is 24. The molecule has 86 heavy (non-hydrogen) atoms. The van der Waals surface area contributed by atoms with Crippen molar-refractivity contribution in [1.82, 2.24) is 10.2 Å². The number of amides is 2. The first-order valence-corrected chi connectivity index (χ1v) is 31.0. The van der Waals surface area contributed by atoms with Gasteiger partial charge < -0.3 is 88.5 Å². The molecule has 2 saturated heterocycles. The van der Waals surface area contributed by atoms with Crippen LogP contribution in [0.2, 0.25) is 0 Å². The second kappa shape index (κ2) is 39.8. The van der Waals surface area contributed by atoms with Gasteiger partial charge in [-0.1, -0.05) is 64.2 Å². The molecule has 3 heterocycles. The number of piperidine rings is 1. The van der Waals surface area contributed by atoms with E-state index in [1.165, 1.54) is 7.11 Å². The van der Waals surface area contributed by atoms with E-state index in [1.54, 1.807) is 48.0 Å². The number of ketones is 2. The number of allylic oxidation sites excluding steroid dienone is 5. The molecule has 4 aliphatic rings. The van der Waals surface area contributed by atoms with Gasteiger partial charge in [0.25, 0.3) is 11.7 Å². The third-order valence-electron chi connectivity index (χ3n) is 16.8. The van der Waals surface area contributed by atoms with Crippen molar-refractivity contribution in [2.24, 2.45) is 35.3 Å². The van der Waals surface area contributed by atoms with E-state index in [0.717, 1.165) is 10.5 Å². The molecule has 23 nitrogen and oxygen atoms in total. The number of hydrogen-bond donors (Lipinski definition) is 6. The van der Waals surface area contributed by atoms with Crippen molar-refractivity contribution in [3.05, 3.63) is 47.6 Å². The van der Waals surface area contributed by atoms with Crippen LogP contribution in [0.3, 0.4) is 0 Å². The molecule has 23 heteroatoms. The van der Waals surface area contributed by atoms with Crippen molar-refractivity contribution in [2.45, 2.75) is 185 Å². The number of cyclic esters (lactones) is 1. The largest absolute Gasteiger partial charge is 0.459 e. The number of hydrogen-bond acceptors (Lipinski definition) is 21. The van der Waals surface area contributed by atoms with Crippen molar-refractivity contribution in [1.29, 1.82) is 0 Å². The number of nitrogens with two attached hydrogens (primary N) is 1. The molecule has 3 aliphatic heterocycles. The Morgan fingerprint density at radius 1 is 0.733 bits per heavy atom. The van der Waals surface area contributed by atoms with Crippen LogP contribution in [0.1, 0.15) is 119 Å². The molecule has 2 bridgehead atoms. The average molecular weight is 1220 g/mol. The number of carbonyl (C=O) groups is 5. The third-order valence-corrected chi connectivity index (χ3v) is 16.8. The summed E-state index contributed by atoms with van der Waals surface area (Å²) in [5, 5.41) is 49.0. The fourth-order valence-corrected chi connectivity index (χ4v) is 11.5. The maximum Gasteiger partial charge on any atom is 0.407 e. The van der Waals surface area contributed by atoms with Crippen LogP contribution in [0.25, 0.3) is 0 Å². The van der Waals surface area contributed by atoms with Gasteiger partial charge in [0, 0.05) is 71.1 Å². The highest BCUT2D eigenvalue weighted by Gasteiger charge is 2.53. The van der Waals surface area contributed by atoms with Crippen LogP contribution in [-0.2, 0) is 71.3 Å². The summed E-state index contributed by atoms with van der Waals surface area (Å²) in [5.41, 5.74) is 8.10. The Kier molecular flexibility index (Phi) is 34.5. The summed E-state index contributed by atoms with van der Waals surface area (Å²) >= 11 is 0. The van der Waals surface area contributed by atoms with Gasteiger partial charge in [-0.25, -0.2) is 9.59 Å². The number of aliphatic hydroxyl groups is 4. The molecule has 0 aromatic heterocycles. The van der Waals surface area contributed by atoms with Crippen LogP contribution in [0.5, 0.6) is 0 Å². The highest BCUT2D eigenvalue weighted by Crippen LogP contribution is 2.37. The van der Waals surface area contributed by atoms with E-state index >= 15 is 0 Å². The molecule has 492 valence electrons. The molecule has 1 saturated carbocycles. The van der Waals surface area contributed by atoms with Gasteiger partial charge >= 0.3 is 12.1 Å². The van der Waals surface area contributed by atoms with Crippen molar-refractivity contribution in [2.75, 3.05) is 107 Å². The van der Waals surface area contributed by atoms with Crippen LogP contribution in [0.15, 0.2) is 47.6 Å². The molecule has 16 atom stereocenters. The van der Waals surface area contributed by atoms with Crippen LogP contribution in [0, 0.1) is 29.6 Å². The average Bonchev–Trinajstić information content (AvgIpc) is 1.71. The summed E-state index contributed by atoms with van der Waals surface area (Å²) in [7, 11) is 4.70. The number of nitrogens with one attached hydrogen (secondary N) is 1.